The Morgan fingerprint density at radius 3 is 2.82 bits per heavy atom. The maximum absolute atomic E-state index is 12.0. The summed E-state index contributed by atoms with van der Waals surface area (Å²) in [7, 11) is 1.90. The molecule has 1 unspecified atom stereocenters. The molecule has 2 N–H and O–H groups in total. The van der Waals surface area contributed by atoms with Crippen LogP contribution in [0, 0.1) is 5.92 Å². The Labute approximate surface area is 103 Å². The molecule has 0 amide bonds. The zero-order chi connectivity index (χ0) is 12.8. The number of rotatable bonds is 7. The molecule has 0 spiro atoms. The molecule has 0 fully saturated rings. The van der Waals surface area contributed by atoms with Gasteiger partial charge in [-0.3, -0.25) is 9.48 Å². The van der Waals surface area contributed by atoms with Crippen molar-refractivity contribution in [2.75, 3.05) is 6.54 Å². The van der Waals surface area contributed by atoms with E-state index in [1.807, 2.05) is 24.7 Å². The maximum Gasteiger partial charge on any atom is 0.141 e. The van der Waals surface area contributed by atoms with Crippen molar-refractivity contribution >= 4 is 5.78 Å². The summed E-state index contributed by atoms with van der Waals surface area (Å²) in [5, 5.41) is 4.35. The standard InChI is InChI=1S/C13H23N3O/c1-4-11-8-12(16(3)15-11)9-13(17)10(2)6-5-7-14/h8,10H,4-7,9,14H2,1-3H3. The van der Waals surface area contributed by atoms with E-state index in [1.165, 1.54) is 0 Å². The lowest BCUT2D eigenvalue weighted by Gasteiger charge is -2.09. The first-order valence-electron chi connectivity index (χ1n) is 6.33. The minimum absolute atomic E-state index is 0.0959. The molecule has 1 aromatic rings. The Bertz CT molecular complexity index is 371. The molecule has 1 atom stereocenters. The Morgan fingerprint density at radius 1 is 1.59 bits per heavy atom. The average molecular weight is 237 g/mol. The average Bonchev–Trinajstić information content (AvgIpc) is 2.67. The van der Waals surface area contributed by atoms with Gasteiger partial charge in [-0.1, -0.05) is 13.8 Å². The number of aromatic nitrogens is 2. The maximum atomic E-state index is 12.0. The number of nitrogens with zero attached hydrogens (tertiary/aromatic N) is 2. The summed E-state index contributed by atoms with van der Waals surface area (Å²) in [6, 6.07) is 2.02. The number of Topliss-reactive ketones (excluding diaryl/α,β-unsaturated/α-hetero) is 1. The van der Waals surface area contributed by atoms with Gasteiger partial charge in [-0.05, 0) is 31.9 Å². The van der Waals surface area contributed by atoms with Crippen LogP contribution in [0.5, 0.6) is 0 Å². The summed E-state index contributed by atoms with van der Waals surface area (Å²) < 4.78 is 1.81. The van der Waals surface area contributed by atoms with Gasteiger partial charge in [0.2, 0.25) is 0 Å². The monoisotopic (exact) mass is 237 g/mol. The van der Waals surface area contributed by atoms with Crippen LogP contribution in [0.2, 0.25) is 0 Å². The van der Waals surface area contributed by atoms with E-state index in [2.05, 4.69) is 12.0 Å². The van der Waals surface area contributed by atoms with Gasteiger partial charge >= 0.3 is 0 Å². The van der Waals surface area contributed by atoms with Crippen LogP contribution in [0.3, 0.4) is 0 Å². The first-order chi connectivity index (χ1) is 8.08. The summed E-state index contributed by atoms with van der Waals surface area (Å²) in [5.41, 5.74) is 7.50. The topological polar surface area (TPSA) is 60.9 Å². The predicted molar refractivity (Wildman–Crippen MR) is 68.7 cm³/mol. The fourth-order valence-corrected chi connectivity index (χ4v) is 1.85. The molecule has 0 aliphatic heterocycles. The lowest BCUT2D eigenvalue weighted by atomic mass is 9.97. The van der Waals surface area contributed by atoms with E-state index in [0.717, 1.165) is 30.7 Å². The molecule has 4 nitrogen and oxygen atoms in total. The van der Waals surface area contributed by atoms with Crippen molar-refractivity contribution in [3.05, 3.63) is 17.5 Å². The molecule has 1 heterocycles. The van der Waals surface area contributed by atoms with E-state index in [1.54, 1.807) is 0 Å². The molecule has 17 heavy (non-hydrogen) atoms. The van der Waals surface area contributed by atoms with Gasteiger partial charge in [0.1, 0.15) is 5.78 Å². The lowest BCUT2D eigenvalue weighted by molar-refractivity contribution is -0.122. The van der Waals surface area contributed by atoms with E-state index in [4.69, 9.17) is 5.73 Å². The van der Waals surface area contributed by atoms with Gasteiger partial charge in [-0.15, -0.1) is 0 Å². The summed E-state index contributed by atoms with van der Waals surface area (Å²) in [5.74, 6) is 0.377. The Morgan fingerprint density at radius 2 is 2.29 bits per heavy atom. The van der Waals surface area contributed by atoms with Gasteiger partial charge in [-0.2, -0.15) is 5.10 Å². The van der Waals surface area contributed by atoms with Crippen LogP contribution in [0.1, 0.15) is 38.1 Å². The van der Waals surface area contributed by atoms with E-state index < -0.39 is 0 Å². The van der Waals surface area contributed by atoms with Crippen LogP contribution < -0.4 is 5.73 Å². The van der Waals surface area contributed by atoms with Crippen LogP contribution in [0.15, 0.2) is 6.07 Å². The van der Waals surface area contributed by atoms with Crippen LogP contribution in [0.25, 0.3) is 0 Å². The van der Waals surface area contributed by atoms with Gasteiger partial charge < -0.3 is 5.73 Å². The van der Waals surface area contributed by atoms with Gasteiger partial charge in [0.05, 0.1) is 5.69 Å². The van der Waals surface area contributed by atoms with E-state index in [0.29, 0.717) is 13.0 Å². The highest BCUT2D eigenvalue weighted by Crippen LogP contribution is 2.12. The zero-order valence-corrected chi connectivity index (χ0v) is 11.1. The van der Waals surface area contributed by atoms with E-state index in [9.17, 15) is 4.79 Å². The molecule has 0 aliphatic carbocycles. The number of aryl methyl sites for hydroxylation is 2. The van der Waals surface area contributed by atoms with Crippen LogP contribution in [0.4, 0.5) is 0 Å². The minimum Gasteiger partial charge on any atom is -0.330 e. The van der Waals surface area contributed by atoms with Crippen LogP contribution in [-0.4, -0.2) is 22.1 Å². The third-order valence-electron chi connectivity index (χ3n) is 3.14. The first-order valence-corrected chi connectivity index (χ1v) is 6.33. The van der Waals surface area contributed by atoms with Crippen molar-refractivity contribution in [3.8, 4) is 0 Å². The minimum atomic E-state index is 0.0959. The number of hydrogen-bond acceptors (Lipinski definition) is 3. The molecular formula is C13H23N3O. The molecule has 0 saturated heterocycles. The smallest absolute Gasteiger partial charge is 0.141 e. The van der Waals surface area contributed by atoms with Gasteiger partial charge in [0.15, 0.2) is 0 Å². The van der Waals surface area contributed by atoms with Crippen molar-refractivity contribution in [1.82, 2.24) is 9.78 Å². The summed E-state index contributed by atoms with van der Waals surface area (Å²) in [6.07, 6.45) is 3.19. The number of hydrogen-bond donors (Lipinski definition) is 1. The van der Waals surface area contributed by atoms with Crippen molar-refractivity contribution in [1.29, 1.82) is 0 Å². The highest BCUT2D eigenvalue weighted by Gasteiger charge is 2.15. The molecule has 1 aromatic heterocycles. The highest BCUT2D eigenvalue weighted by molar-refractivity contribution is 5.82. The third kappa shape index (κ3) is 3.97. The fourth-order valence-electron chi connectivity index (χ4n) is 1.85. The van der Waals surface area contributed by atoms with E-state index >= 15 is 0 Å². The second-order valence-corrected chi connectivity index (χ2v) is 4.58. The molecular weight excluding hydrogens is 214 g/mol. The van der Waals surface area contributed by atoms with Gasteiger partial charge in [0, 0.05) is 25.1 Å². The SMILES string of the molecule is CCc1cc(CC(=O)C(C)CCCN)n(C)n1. The second kappa shape index (κ2) is 6.55. The predicted octanol–water partition coefficient (Wildman–Crippen LogP) is 1.47. The molecule has 0 saturated carbocycles. The molecule has 0 aliphatic rings. The van der Waals surface area contributed by atoms with E-state index in [-0.39, 0.29) is 11.7 Å². The van der Waals surface area contributed by atoms with Crippen LogP contribution in [-0.2, 0) is 24.7 Å². The number of carbonyl (C=O) groups excluding carboxylic acids is 1. The third-order valence-corrected chi connectivity index (χ3v) is 3.14. The van der Waals surface area contributed by atoms with Gasteiger partial charge in [0.25, 0.3) is 0 Å². The number of carbonyl (C=O) groups is 1. The summed E-state index contributed by atoms with van der Waals surface area (Å²) >= 11 is 0. The largest absolute Gasteiger partial charge is 0.330 e. The van der Waals surface area contributed by atoms with Crippen LogP contribution >= 0.6 is 0 Å². The van der Waals surface area contributed by atoms with Crippen molar-refractivity contribution in [2.45, 2.75) is 39.5 Å². The first kappa shape index (κ1) is 13.9. The molecule has 96 valence electrons. The molecule has 4 heteroatoms. The number of nitrogens with two attached hydrogens (primary N) is 1. The Hall–Kier alpha value is -1.16. The van der Waals surface area contributed by atoms with Crippen molar-refractivity contribution in [3.63, 3.8) is 0 Å². The fraction of sp³-hybridized carbons (Fsp3) is 0.692. The molecule has 0 aromatic carbocycles. The normalized spacial score (nSPS) is 12.7. The quantitative estimate of drug-likeness (QED) is 0.781. The molecule has 1 rings (SSSR count). The number of ketones is 1. The molecule has 0 radical (unpaired) electrons. The molecule has 0 bridgehead atoms. The Kier molecular flexibility index (Phi) is 5.35. The summed E-state index contributed by atoms with van der Waals surface area (Å²) in [4.78, 5) is 12.0. The van der Waals surface area contributed by atoms with Crippen molar-refractivity contribution < 1.29 is 4.79 Å². The van der Waals surface area contributed by atoms with Gasteiger partial charge in [-0.25, -0.2) is 0 Å². The second-order valence-electron chi connectivity index (χ2n) is 4.58. The highest BCUT2D eigenvalue weighted by atomic mass is 16.1. The lowest BCUT2D eigenvalue weighted by Crippen LogP contribution is -2.16. The zero-order valence-electron chi connectivity index (χ0n) is 11.1. The van der Waals surface area contributed by atoms with Crippen molar-refractivity contribution in [2.24, 2.45) is 18.7 Å². The summed E-state index contributed by atoms with van der Waals surface area (Å²) in [6.45, 7) is 4.70. The Balaban J connectivity index is 2.57.